The molecule has 0 atom stereocenters. The molecule has 1 saturated heterocycles. The molecule has 0 aliphatic carbocycles. The first-order chi connectivity index (χ1) is 19.6. The largest absolute Gasteiger partial charge is 0.444 e. The molecule has 1 fully saturated rings. The van der Waals surface area contributed by atoms with Crippen LogP contribution in [0.1, 0.15) is 61.5 Å². The Labute approximate surface area is 241 Å². The fraction of sp³-hybridized carbons (Fsp3) is 0.355. The van der Waals surface area contributed by atoms with E-state index in [1.54, 1.807) is 44.1 Å². The highest BCUT2D eigenvalue weighted by Crippen LogP contribution is 2.26. The number of benzene rings is 2. The lowest BCUT2D eigenvalue weighted by atomic mass is 10.1. The zero-order valence-corrected chi connectivity index (χ0v) is 24.0. The molecule has 10 nitrogen and oxygen atoms in total. The van der Waals surface area contributed by atoms with Crippen LogP contribution in [0.5, 0.6) is 5.75 Å². The molecule has 0 spiro atoms. The van der Waals surface area contributed by atoms with Gasteiger partial charge < -0.3 is 20.1 Å². The van der Waals surface area contributed by atoms with Crippen molar-refractivity contribution in [2.45, 2.75) is 59.1 Å². The summed E-state index contributed by atoms with van der Waals surface area (Å²) in [5.41, 5.74) is 5.91. The standard InChI is InChI=1S/C31H38N6O4/c1-21-11-12-24(40-28-14-13-27-33-26(20-37(27)35-28)34-30(39)41-31(2,3)4)18-25(21)32-29(38)23-10-8-9-22(17-23)19-36-15-6-5-7-16-36/h8-14,17-18,20,33,35H,5-7,15-16,19H2,1-4H3,(H,32,38)(H,34,39). The van der Waals surface area contributed by atoms with E-state index in [1.807, 2.05) is 43.3 Å². The lowest BCUT2D eigenvalue weighted by Crippen LogP contribution is -2.37. The maximum Gasteiger partial charge on any atom is 0.413 e. The Morgan fingerprint density at radius 1 is 1.00 bits per heavy atom. The zero-order chi connectivity index (χ0) is 29.0. The SMILES string of the molecule is Cc1ccc(OC2=CC=C3NC(NC(=O)OC(C)(C)C)=CN3N2)cc1NC(=O)c1cccc(CN2CCCCC2)c1. The minimum absolute atomic E-state index is 0.161. The van der Waals surface area contributed by atoms with Gasteiger partial charge in [0, 0.05) is 29.9 Å². The third-order valence-corrected chi connectivity index (χ3v) is 6.77. The second-order valence-corrected chi connectivity index (χ2v) is 11.4. The van der Waals surface area contributed by atoms with Crippen molar-refractivity contribution in [3.05, 3.63) is 95.0 Å². The lowest BCUT2D eigenvalue weighted by molar-refractivity contribution is 0.0543. The number of hydrogen-bond acceptors (Lipinski definition) is 8. The maximum absolute atomic E-state index is 13.2. The van der Waals surface area contributed by atoms with E-state index in [4.69, 9.17) is 9.47 Å². The van der Waals surface area contributed by atoms with Crippen LogP contribution in [0.15, 0.2) is 78.3 Å². The molecule has 0 bridgehead atoms. The second kappa shape index (κ2) is 12.0. The Morgan fingerprint density at radius 3 is 2.59 bits per heavy atom. The Morgan fingerprint density at radius 2 is 1.80 bits per heavy atom. The number of alkyl carbamates (subject to hydrolysis) is 1. The molecular weight excluding hydrogens is 520 g/mol. The smallest absolute Gasteiger partial charge is 0.413 e. The Kier molecular flexibility index (Phi) is 8.21. The predicted octanol–water partition coefficient (Wildman–Crippen LogP) is 5.04. The van der Waals surface area contributed by atoms with Crippen LogP contribution in [-0.4, -0.2) is 40.6 Å². The van der Waals surface area contributed by atoms with Gasteiger partial charge in [0.1, 0.15) is 23.0 Å². The first-order valence-electron chi connectivity index (χ1n) is 14.0. The van der Waals surface area contributed by atoms with Crippen molar-refractivity contribution in [2.75, 3.05) is 18.4 Å². The van der Waals surface area contributed by atoms with Gasteiger partial charge in [-0.15, -0.1) is 0 Å². The van der Waals surface area contributed by atoms with Crippen LogP contribution in [0.3, 0.4) is 0 Å². The van der Waals surface area contributed by atoms with Gasteiger partial charge in [0.05, 0.1) is 6.20 Å². The van der Waals surface area contributed by atoms with Crippen molar-refractivity contribution in [1.29, 1.82) is 0 Å². The summed E-state index contributed by atoms with van der Waals surface area (Å²) in [6, 6.07) is 13.4. The van der Waals surface area contributed by atoms with Crippen molar-refractivity contribution in [3.8, 4) is 5.75 Å². The molecule has 2 aromatic carbocycles. The number of carbonyl (C=O) groups is 2. The fourth-order valence-corrected chi connectivity index (χ4v) is 4.80. The monoisotopic (exact) mass is 558 g/mol. The number of hydrogen-bond donors (Lipinski definition) is 4. The minimum Gasteiger partial charge on any atom is -0.444 e. The lowest BCUT2D eigenvalue weighted by Gasteiger charge is -2.26. The van der Waals surface area contributed by atoms with Gasteiger partial charge >= 0.3 is 6.09 Å². The van der Waals surface area contributed by atoms with Crippen molar-refractivity contribution in [2.24, 2.45) is 0 Å². The van der Waals surface area contributed by atoms with E-state index in [1.165, 1.54) is 19.3 Å². The molecule has 3 aliphatic heterocycles. The fourth-order valence-electron chi connectivity index (χ4n) is 4.80. The number of allylic oxidation sites excluding steroid dienone is 2. The molecule has 0 unspecified atom stereocenters. The summed E-state index contributed by atoms with van der Waals surface area (Å²) in [5, 5.41) is 10.5. The second-order valence-electron chi connectivity index (χ2n) is 11.4. The van der Waals surface area contributed by atoms with Gasteiger partial charge in [0.2, 0.25) is 5.88 Å². The normalized spacial score (nSPS) is 16.8. The third kappa shape index (κ3) is 7.61. The molecule has 3 aliphatic rings. The van der Waals surface area contributed by atoms with Crippen molar-refractivity contribution < 1.29 is 19.1 Å². The van der Waals surface area contributed by atoms with Crippen molar-refractivity contribution in [1.82, 2.24) is 26.0 Å². The summed E-state index contributed by atoms with van der Waals surface area (Å²) >= 11 is 0. The first kappa shape index (κ1) is 28.1. The summed E-state index contributed by atoms with van der Waals surface area (Å²) in [4.78, 5) is 27.7. The average molecular weight is 559 g/mol. The number of nitrogens with zero attached hydrogens (tertiary/aromatic N) is 2. The quantitative estimate of drug-likeness (QED) is 0.375. The third-order valence-electron chi connectivity index (χ3n) is 6.77. The van der Waals surface area contributed by atoms with Crippen molar-refractivity contribution >= 4 is 17.7 Å². The molecule has 216 valence electrons. The van der Waals surface area contributed by atoms with E-state index in [0.29, 0.717) is 34.5 Å². The Balaban J connectivity index is 1.19. The Hall–Kier alpha value is -4.44. The molecular formula is C31H38N6O4. The van der Waals surface area contributed by atoms with E-state index in [-0.39, 0.29) is 5.91 Å². The molecule has 41 heavy (non-hydrogen) atoms. The summed E-state index contributed by atoms with van der Waals surface area (Å²) in [6.07, 6.45) is 8.50. The molecule has 3 heterocycles. The van der Waals surface area contributed by atoms with E-state index >= 15 is 0 Å². The number of nitrogens with one attached hydrogen (secondary N) is 4. The van der Waals surface area contributed by atoms with Crippen LogP contribution in [0, 0.1) is 6.92 Å². The zero-order valence-electron chi connectivity index (χ0n) is 24.0. The highest BCUT2D eigenvalue weighted by Gasteiger charge is 2.25. The van der Waals surface area contributed by atoms with Gasteiger partial charge in [-0.05, 0) is 89.0 Å². The van der Waals surface area contributed by atoms with E-state index in [2.05, 4.69) is 32.3 Å². The van der Waals surface area contributed by atoms with Crippen LogP contribution in [0.25, 0.3) is 0 Å². The number of hydrazine groups is 1. The summed E-state index contributed by atoms with van der Waals surface area (Å²) < 4.78 is 11.4. The summed E-state index contributed by atoms with van der Waals surface area (Å²) in [5.74, 6) is 2.04. The molecule has 0 saturated carbocycles. The molecule has 4 N–H and O–H groups in total. The molecule has 0 aromatic heterocycles. The van der Waals surface area contributed by atoms with Gasteiger partial charge in [0.15, 0.2) is 0 Å². The molecule has 2 amide bonds. The van der Waals surface area contributed by atoms with Crippen LogP contribution >= 0.6 is 0 Å². The highest BCUT2D eigenvalue weighted by atomic mass is 16.6. The molecule has 2 aromatic rings. The number of piperidine rings is 1. The van der Waals surface area contributed by atoms with Crippen molar-refractivity contribution in [3.63, 3.8) is 0 Å². The number of amides is 2. The number of fused-ring (bicyclic) bond motifs is 1. The minimum atomic E-state index is -0.598. The van der Waals surface area contributed by atoms with Gasteiger partial charge in [-0.2, -0.15) is 0 Å². The number of ether oxygens (including phenoxy) is 2. The number of rotatable bonds is 7. The summed E-state index contributed by atoms with van der Waals surface area (Å²) in [6.45, 7) is 10.4. The average Bonchev–Trinajstić information content (AvgIpc) is 3.31. The van der Waals surface area contributed by atoms with E-state index in [0.717, 1.165) is 30.8 Å². The first-order valence-corrected chi connectivity index (χ1v) is 14.0. The van der Waals surface area contributed by atoms with Crippen LogP contribution in [0.2, 0.25) is 0 Å². The van der Waals surface area contributed by atoms with Gasteiger partial charge in [0.25, 0.3) is 5.91 Å². The molecule has 5 rings (SSSR count). The Bertz CT molecular complexity index is 1400. The van der Waals surface area contributed by atoms with Gasteiger partial charge in [-0.25, -0.2) is 9.80 Å². The van der Waals surface area contributed by atoms with Gasteiger partial charge in [-0.1, -0.05) is 24.6 Å². The highest BCUT2D eigenvalue weighted by molar-refractivity contribution is 6.04. The van der Waals surface area contributed by atoms with Crippen LogP contribution in [-0.2, 0) is 11.3 Å². The van der Waals surface area contributed by atoms with Crippen LogP contribution in [0.4, 0.5) is 10.5 Å². The maximum atomic E-state index is 13.2. The summed E-state index contributed by atoms with van der Waals surface area (Å²) in [7, 11) is 0. The number of likely N-dealkylation sites (tertiary alicyclic amines) is 1. The van der Waals surface area contributed by atoms with Gasteiger partial charge in [-0.3, -0.25) is 20.4 Å². The molecule has 0 radical (unpaired) electrons. The predicted molar refractivity (Wildman–Crippen MR) is 157 cm³/mol. The van der Waals surface area contributed by atoms with Crippen LogP contribution < -0.4 is 26.1 Å². The number of carbonyl (C=O) groups excluding carboxylic acids is 2. The number of anilines is 1. The number of aryl methyl sites for hydroxylation is 1. The van der Waals surface area contributed by atoms with E-state index < -0.39 is 11.7 Å². The molecule has 10 heteroatoms. The van der Waals surface area contributed by atoms with E-state index in [9.17, 15) is 9.59 Å². The topological polar surface area (TPSA) is 107 Å².